The Kier molecular flexibility index (Phi) is 3.78. The minimum Gasteiger partial charge on any atom is -0.267 e. The number of aromatic nitrogens is 2. The predicted molar refractivity (Wildman–Crippen MR) is 103 cm³/mol. The number of thiazole rings is 1. The van der Waals surface area contributed by atoms with Gasteiger partial charge in [-0.15, -0.1) is 0 Å². The lowest BCUT2D eigenvalue weighted by atomic mass is 10.1. The highest BCUT2D eigenvalue weighted by Crippen LogP contribution is 2.25. The molecule has 2 aromatic carbocycles. The monoisotopic (exact) mass is 385 g/mol. The fourth-order valence-electron chi connectivity index (χ4n) is 2.83. The molecule has 0 saturated heterocycles. The summed E-state index contributed by atoms with van der Waals surface area (Å²) < 4.78 is 2.05. The minimum atomic E-state index is -0.544. The van der Waals surface area contributed by atoms with Gasteiger partial charge in [-0.25, -0.2) is 9.38 Å². The lowest BCUT2D eigenvalue weighted by Crippen LogP contribution is -2.22. The topological polar surface area (TPSA) is 77.5 Å². The molecule has 130 valence electrons. The van der Waals surface area contributed by atoms with Crippen LogP contribution in [0.4, 0.5) is 5.69 Å². The third-order valence-electron chi connectivity index (χ3n) is 4.32. The number of hydrogen-bond donors (Lipinski definition) is 0. The van der Waals surface area contributed by atoms with Crippen LogP contribution in [0.15, 0.2) is 35.1 Å². The van der Waals surface area contributed by atoms with Crippen molar-refractivity contribution in [1.29, 1.82) is 0 Å². The SMILES string of the molecule is Cc1cc2nc3s/c(=C\c4ccc(Cl)c([N+](=O)[O-])c4)c(=O)n3c2cc1C. The summed E-state index contributed by atoms with van der Waals surface area (Å²) in [6, 6.07) is 8.38. The van der Waals surface area contributed by atoms with Gasteiger partial charge in [0.1, 0.15) is 5.02 Å². The Labute approximate surface area is 156 Å². The zero-order valence-corrected chi connectivity index (χ0v) is 15.4. The van der Waals surface area contributed by atoms with Crippen LogP contribution in [0.2, 0.25) is 5.02 Å². The first-order valence-electron chi connectivity index (χ1n) is 7.73. The molecule has 6 nitrogen and oxygen atoms in total. The number of hydrogen-bond acceptors (Lipinski definition) is 5. The Balaban J connectivity index is 1.96. The summed E-state index contributed by atoms with van der Waals surface area (Å²) in [6.07, 6.45) is 1.62. The van der Waals surface area contributed by atoms with Crippen LogP contribution >= 0.6 is 22.9 Å². The zero-order chi connectivity index (χ0) is 18.6. The zero-order valence-electron chi connectivity index (χ0n) is 13.8. The average Bonchev–Trinajstić information content (AvgIpc) is 3.06. The van der Waals surface area contributed by atoms with Gasteiger partial charge in [0.15, 0.2) is 4.96 Å². The van der Waals surface area contributed by atoms with E-state index in [0.29, 0.717) is 15.1 Å². The highest BCUT2D eigenvalue weighted by Gasteiger charge is 2.14. The predicted octanol–water partition coefficient (Wildman–Crippen LogP) is 3.64. The smallest absolute Gasteiger partial charge is 0.267 e. The molecule has 0 radical (unpaired) electrons. The highest BCUT2D eigenvalue weighted by molar-refractivity contribution is 7.15. The van der Waals surface area contributed by atoms with E-state index >= 15 is 0 Å². The third kappa shape index (κ3) is 2.56. The molecule has 0 aliphatic heterocycles. The molecule has 0 aliphatic carbocycles. The van der Waals surface area contributed by atoms with Crippen LogP contribution in [0.3, 0.4) is 0 Å². The van der Waals surface area contributed by atoms with Crippen LogP contribution in [0.25, 0.3) is 22.1 Å². The van der Waals surface area contributed by atoms with Crippen LogP contribution < -0.4 is 10.1 Å². The number of aryl methyl sites for hydroxylation is 2. The molecule has 2 aromatic heterocycles. The summed E-state index contributed by atoms with van der Waals surface area (Å²) in [4.78, 5) is 28.5. The Bertz CT molecular complexity index is 1320. The highest BCUT2D eigenvalue weighted by atomic mass is 35.5. The molecule has 0 bridgehead atoms. The summed E-state index contributed by atoms with van der Waals surface area (Å²) in [6.45, 7) is 4.00. The van der Waals surface area contributed by atoms with E-state index in [0.717, 1.165) is 22.2 Å². The largest absolute Gasteiger partial charge is 0.288 e. The number of nitro groups is 1. The summed E-state index contributed by atoms with van der Waals surface area (Å²) in [5.74, 6) is 0. The molecule has 8 heteroatoms. The Hall–Kier alpha value is -2.77. The summed E-state index contributed by atoms with van der Waals surface area (Å²) in [7, 11) is 0. The summed E-state index contributed by atoms with van der Waals surface area (Å²) in [5.41, 5.74) is 3.93. The van der Waals surface area contributed by atoms with Gasteiger partial charge in [0.25, 0.3) is 11.2 Å². The normalized spacial score (nSPS) is 12.3. The maximum absolute atomic E-state index is 12.8. The number of imidazole rings is 1. The number of halogens is 1. The van der Waals surface area contributed by atoms with E-state index in [9.17, 15) is 14.9 Å². The van der Waals surface area contributed by atoms with Gasteiger partial charge >= 0.3 is 0 Å². The van der Waals surface area contributed by atoms with Crippen LogP contribution in [-0.4, -0.2) is 14.3 Å². The van der Waals surface area contributed by atoms with Gasteiger partial charge in [-0.1, -0.05) is 29.0 Å². The number of nitro benzene ring substituents is 1. The Morgan fingerprint density at radius 3 is 2.69 bits per heavy atom. The molecule has 0 atom stereocenters. The molecule has 0 saturated carbocycles. The average molecular weight is 386 g/mol. The number of nitrogens with zero attached hydrogens (tertiary/aromatic N) is 3. The lowest BCUT2D eigenvalue weighted by molar-refractivity contribution is -0.384. The molecule has 26 heavy (non-hydrogen) atoms. The second-order valence-corrected chi connectivity index (χ2v) is 7.46. The van der Waals surface area contributed by atoms with E-state index in [1.807, 2.05) is 26.0 Å². The molecule has 0 fully saturated rings. The fraction of sp³-hybridized carbons (Fsp3) is 0.111. The molecule has 4 rings (SSSR count). The summed E-state index contributed by atoms with van der Waals surface area (Å²) >= 11 is 7.09. The van der Waals surface area contributed by atoms with Crippen LogP contribution in [0.5, 0.6) is 0 Å². The number of benzene rings is 2. The van der Waals surface area contributed by atoms with Gasteiger partial charge in [-0.05, 0) is 54.8 Å². The first-order valence-corrected chi connectivity index (χ1v) is 8.92. The molecule has 0 aliphatic rings. The minimum absolute atomic E-state index is 0.0623. The van der Waals surface area contributed by atoms with Crippen molar-refractivity contribution in [3.8, 4) is 0 Å². The Morgan fingerprint density at radius 1 is 1.23 bits per heavy atom. The summed E-state index contributed by atoms with van der Waals surface area (Å²) in [5, 5.41) is 11.1. The molecule has 0 spiro atoms. The molecule has 0 N–H and O–H groups in total. The second-order valence-electron chi connectivity index (χ2n) is 6.04. The molecule has 0 unspecified atom stereocenters. The number of rotatable bonds is 2. The van der Waals surface area contributed by atoms with Crippen molar-refractivity contribution in [2.24, 2.45) is 0 Å². The van der Waals surface area contributed by atoms with Crippen molar-refractivity contribution < 1.29 is 4.92 Å². The van der Waals surface area contributed by atoms with Crippen molar-refractivity contribution in [2.75, 3.05) is 0 Å². The third-order valence-corrected chi connectivity index (χ3v) is 5.61. The van der Waals surface area contributed by atoms with E-state index < -0.39 is 4.92 Å². The standard InChI is InChI=1S/C18H12ClN3O3S/c1-9-5-13-15(6-10(9)2)21-17(23)16(26-18(21)20-13)8-11-3-4-12(19)14(7-11)22(24)25/h3-8H,1-2H3/b16-8-. The number of fused-ring (bicyclic) bond motifs is 3. The van der Waals surface area contributed by atoms with Gasteiger partial charge in [0.05, 0.1) is 20.5 Å². The van der Waals surface area contributed by atoms with Gasteiger partial charge in [-0.3, -0.25) is 14.9 Å². The van der Waals surface area contributed by atoms with Crippen molar-refractivity contribution in [3.63, 3.8) is 0 Å². The van der Waals surface area contributed by atoms with E-state index in [1.54, 1.807) is 16.5 Å². The van der Waals surface area contributed by atoms with E-state index in [4.69, 9.17) is 11.6 Å². The van der Waals surface area contributed by atoms with Crippen molar-refractivity contribution in [3.05, 3.63) is 77.0 Å². The quantitative estimate of drug-likeness (QED) is 0.390. The Morgan fingerprint density at radius 2 is 1.96 bits per heavy atom. The lowest BCUT2D eigenvalue weighted by Gasteiger charge is -1.98. The van der Waals surface area contributed by atoms with E-state index in [2.05, 4.69) is 4.98 Å². The second kappa shape index (κ2) is 5.89. The molecule has 0 amide bonds. The van der Waals surface area contributed by atoms with Crippen LogP contribution in [0.1, 0.15) is 16.7 Å². The molecular formula is C18H12ClN3O3S. The van der Waals surface area contributed by atoms with Gasteiger partial charge in [-0.2, -0.15) is 0 Å². The van der Waals surface area contributed by atoms with Crippen molar-refractivity contribution >= 4 is 50.7 Å². The van der Waals surface area contributed by atoms with Gasteiger partial charge < -0.3 is 0 Å². The van der Waals surface area contributed by atoms with Gasteiger partial charge in [0, 0.05) is 6.07 Å². The first kappa shape index (κ1) is 16.7. The van der Waals surface area contributed by atoms with Crippen molar-refractivity contribution in [2.45, 2.75) is 13.8 Å². The van der Waals surface area contributed by atoms with Crippen LogP contribution in [-0.2, 0) is 0 Å². The molecular weight excluding hydrogens is 374 g/mol. The van der Waals surface area contributed by atoms with E-state index in [-0.39, 0.29) is 16.3 Å². The molecule has 2 heterocycles. The van der Waals surface area contributed by atoms with Gasteiger partial charge in [0.2, 0.25) is 0 Å². The van der Waals surface area contributed by atoms with Crippen LogP contribution in [0, 0.1) is 24.0 Å². The maximum atomic E-state index is 12.8. The first-order chi connectivity index (χ1) is 12.3. The fourth-order valence-corrected chi connectivity index (χ4v) is 4.00. The molecule has 4 aromatic rings. The van der Waals surface area contributed by atoms with Crippen molar-refractivity contribution in [1.82, 2.24) is 9.38 Å². The maximum Gasteiger partial charge on any atom is 0.288 e. The van der Waals surface area contributed by atoms with E-state index in [1.165, 1.54) is 23.5 Å².